The molecule has 1 aliphatic rings. The summed E-state index contributed by atoms with van der Waals surface area (Å²) >= 11 is 6.28. The zero-order valence-corrected chi connectivity index (χ0v) is 20.6. The number of guanidine groups is 1. The lowest BCUT2D eigenvalue weighted by atomic mass is 10.2. The van der Waals surface area contributed by atoms with Crippen molar-refractivity contribution in [3.05, 3.63) is 47.1 Å². The first-order chi connectivity index (χ1) is 14.1. The summed E-state index contributed by atoms with van der Waals surface area (Å²) in [5.41, 5.74) is 1.09. The number of ether oxygens (including phenoxy) is 2. The molecule has 1 aromatic carbocycles. The van der Waals surface area contributed by atoms with Crippen LogP contribution in [0.3, 0.4) is 0 Å². The zero-order valence-electron chi connectivity index (χ0n) is 17.5. The lowest BCUT2D eigenvalue weighted by molar-refractivity contribution is 0.310. The van der Waals surface area contributed by atoms with Crippen molar-refractivity contribution in [1.29, 1.82) is 0 Å². The van der Waals surface area contributed by atoms with Crippen LogP contribution in [-0.4, -0.2) is 50.8 Å². The third kappa shape index (κ3) is 6.28. The van der Waals surface area contributed by atoms with E-state index >= 15 is 0 Å². The van der Waals surface area contributed by atoms with E-state index in [1.165, 1.54) is 0 Å². The van der Waals surface area contributed by atoms with E-state index < -0.39 is 0 Å². The summed E-state index contributed by atoms with van der Waals surface area (Å²) in [6.07, 6.45) is 2.76. The zero-order chi connectivity index (χ0) is 20.6. The Morgan fingerprint density at radius 1 is 1.33 bits per heavy atom. The number of halogens is 2. The first-order valence-electron chi connectivity index (χ1n) is 9.77. The van der Waals surface area contributed by atoms with Crippen molar-refractivity contribution < 1.29 is 9.47 Å². The monoisotopic (exact) mass is 545 g/mol. The van der Waals surface area contributed by atoms with Gasteiger partial charge in [-0.2, -0.15) is 0 Å². The Balaban J connectivity index is 0.00000320. The number of hydrogen-bond acceptors (Lipinski definition) is 5. The number of anilines is 1. The molecular formula is C21H29ClIN5O2. The van der Waals surface area contributed by atoms with E-state index in [1.807, 2.05) is 37.3 Å². The lowest BCUT2D eigenvalue weighted by Crippen LogP contribution is -2.44. The fourth-order valence-corrected chi connectivity index (χ4v) is 3.59. The average molecular weight is 546 g/mol. The van der Waals surface area contributed by atoms with E-state index in [2.05, 4.69) is 25.5 Å². The number of aliphatic imine (C=N–C) groups is 1. The molecule has 0 aliphatic carbocycles. The molecule has 7 nitrogen and oxygen atoms in total. The molecule has 3 rings (SSSR count). The number of methoxy groups -OCH3 is 1. The van der Waals surface area contributed by atoms with Gasteiger partial charge in [0.15, 0.2) is 17.5 Å². The van der Waals surface area contributed by atoms with Crippen molar-refractivity contribution in [2.24, 2.45) is 4.99 Å². The van der Waals surface area contributed by atoms with Crippen LogP contribution in [0, 0.1) is 0 Å². The molecular weight excluding hydrogens is 517 g/mol. The predicted octanol–water partition coefficient (Wildman–Crippen LogP) is 3.70. The lowest BCUT2D eigenvalue weighted by Gasteiger charge is -2.20. The second kappa shape index (κ2) is 12.0. The molecule has 1 saturated heterocycles. The van der Waals surface area contributed by atoms with Gasteiger partial charge in [0.2, 0.25) is 0 Å². The van der Waals surface area contributed by atoms with E-state index in [4.69, 9.17) is 21.1 Å². The molecule has 164 valence electrons. The topological polar surface area (TPSA) is 71.0 Å². The Bertz CT molecular complexity index is 852. The van der Waals surface area contributed by atoms with Gasteiger partial charge in [-0.25, -0.2) is 4.98 Å². The van der Waals surface area contributed by atoms with Gasteiger partial charge in [0.05, 0.1) is 18.7 Å². The molecule has 1 aliphatic heterocycles. The highest BCUT2D eigenvalue weighted by Crippen LogP contribution is 2.28. The largest absolute Gasteiger partial charge is 0.493 e. The Hall–Kier alpha value is -1.94. The third-order valence-corrected chi connectivity index (χ3v) is 5.07. The van der Waals surface area contributed by atoms with Gasteiger partial charge in [-0.05, 0) is 43.2 Å². The Morgan fingerprint density at radius 2 is 2.17 bits per heavy atom. The quantitative estimate of drug-likeness (QED) is 0.314. The molecule has 1 aromatic heterocycles. The normalized spacial score (nSPS) is 16.1. The molecule has 1 atom stereocenters. The summed E-state index contributed by atoms with van der Waals surface area (Å²) in [7, 11) is 3.42. The van der Waals surface area contributed by atoms with Crippen molar-refractivity contribution in [1.82, 2.24) is 15.6 Å². The van der Waals surface area contributed by atoms with Crippen LogP contribution in [0.1, 0.15) is 18.9 Å². The molecule has 2 heterocycles. The predicted molar refractivity (Wildman–Crippen MR) is 133 cm³/mol. The van der Waals surface area contributed by atoms with Gasteiger partial charge in [0.1, 0.15) is 5.82 Å². The van der Waals surface area contributed by atoms with Crippen molar-refractivity contribution in [3.8, 4) is 11.5 Å². The summed E-state index contributed by atoms with van der Waals surface area (Å²) in [5.74, 6) is 3.08. The molecule has 30 heavy (non-hydrogen) atoms. The van der Waals surface area contributed by atoms with E-state index in [9.17, 15) is 0 Å². The van der Waals surface area contributed by atoms with Crippen LogP contribution in [0.25, 0.3) is 0 Å². The van der Waals surface area contributed by atoms with E-state index in [0.717, 1.165) is 48.4 Å². The van der Waals surface area contributed by atoms with Crippen LogP contribution >= 0.6 is 35.6 Å². The average Bonchev–Trinajstić information content (AvgIpc) is 3.20. The van der Waals surface area contributed by atoms with Gasteiger partial charge in [-0.3, -0.25) is 4.99 Å². The molecule has 9 heteroatoms. The summed E-state index contributed by atoms with van der Waals surface area (Å²) in [4.78, 5) is 11.0. The molecule has 0 saturated carbocycles. The Labute approximate surface area is 200 Å². The van der Waals surface area contributed by atoms with Crippen molar-refractivity contribution >= 4 is 47.4 Å². The molecule has 0 bridgehead atoms. The van der Waals surface area contributed by atoms with Gasteiger partial charge < -0.3 is 25.0 Å². The van der Waals surface area contributed by atoms with Gasteiger partial charge in [-0.15, -0.1) is 24.0 Å². The third-order valence-electron chi connectivity index (χ3n) is 4.78. The van der Waals surface area contributed by atoms with Crippen LogP contribution in [0.15, 0.2) is 41.5 Å². The van der Waals surface area contributed by atoms with Crippen LogP contribution in [-0.2, 0) is 6.54 Å². The summed E-state index contributed by atoms with van der Waals surface area (Å²) in [5, 5.41) is 7.54. The van der Waals surface area contributed by atoms with Crippen molar-refractivity contribution in [2.75, 3.05) is 38.8 Å². The fourth-order valence-electron chi connectivity index (χ4n) is 3.35. The second-order valence-corrected chi connectivity index (χ2v) is 7.14. The van der Waals surface area contributed by atoms with E-state index in [0.29, 0.717) is 18.2 Å². The Kier molecular flexibility index (Phi) is 9.77. The van der Waals surface area contributed by atoms with Crippen LogP contribution in [0.2, 0.25) is 5.02 Å². The summed E-state index contributed by atoms with van der Waals surface area (Å²) < 4.78 is 11.0. The first-order valence-corrected chi connectivity index (χ1v) is 10.1. The van der Waals surface area contributed by atoms with E-state index in [-0.39, 0.29) is 30.0 Å². The van der Waals surface area contributed by atoms with Gasteiger partial charge >= 0.3 is 0 Å². The maximum Gasteiger partial charge on any atom is 0.191 e. The minimum atomic E-state index is 0. The number of nitrogens with one attached hydrogen (secondary N) is 2. The van der Waals surface area contributed by atoms with Crippen LogP contribution in [0.4, 0.5) is 5.82 Å². The van der Waals surface area contributed by atoms with Gasteiger partial charge in [-0.1, -0.05) is 17.7 Å². The van der Waals surface area contributed by atoms with E-state index in [1.54, 1.807) is 20.4 Å². The van der Waals surface area contributed by atoms with Crippen LogP contribution < -0.4 is 25.0 Å². The summed E-state index contributed by atoms with van der Waals surface area (Å²) in [6, 6.07) is 9.92. The number of aromatic nitrogens is 1. The number of hydrogen-bond donors (Lipinski definition) is 2. The molecule has 0 amide bonds. The SMILES string of the molecule is CCOc1cc(CNC(=NC)NC2CCN(c3ncccc3Cl)C2)ccc1OC.I. The minimum Gasteiger partial charge on any atom is -0.493 e. The number of rotatable bonds is 7. The number of benzene rings is 1. The second-order valence-electron chi connectivity index (χ2n) is 6.73. The standard InChI is InChI=1S/C21H28ClN5O2.HI/c1-4-29-19-12-15(7-8-18(19)28-3)13-25-21(23-2)26-16-9-11-27(14-16)20-17(22)6-5-10-24-20;/h5-8,10,12,16H,4,9,11,13-14H2,1-3H3,(H2,23,25,26);1H. The molecule has 1 fully saturated rings. The molecule has 0 radical (unpaired) electrons. The number of pyridine rings is 1. The van der Waals surface area contributed by atoms with Crippen molar-refractivity contribution in [3.63, 3.8) is 0 Å². The van der Waals surface area contributed by atoms with Crippen molar-refractivity contribution in [2.45, 2.75) is 25.9 Å². The highest BCUT2D eigenvalue weighted by molar-refractivity contribution is 14.0. The minimum absolute atomic E-state index is 0. The van der Waals surface area contributed by atoms with Crippen LogP contribution in [0.5, 0.6) is 11.5 Å². The Morgan fingerprint density at radius 3 is 2.87 bits per heavy atom. The maximum atomic E-state index is 6.28. The highest BCUT2D eigenvalue weighted by Gasteiger charge is 2.25. The maximum absolute atomic E-state index is 6.28. The smallest absolute Gasteiger partial charge is 0.191 e. The molecule has 2 N–H and O–H groups in total. The fraction of sp³-hybridized carbons (Fsp3) is 0.429. The summed E-state index contributed by atoms with van der Waals surface area (Å²) in [6.45, 7) is 4.91. The highest BCUT2D eigenvalue weighted by atomic mass is 127. The molecule has 1 unspecified atom stereocenters. The molecule has 2 aromatic rings. The molecule has 0 spiro atoms. The first kappa shape index (κ1) is 24.3. The number of nitrogens with zero attached hydrogens (tertiary/aromatic N) is 3. The van der Waals surface area contributed by atoms with Gasteiger partial charge in [0.25, 0.3) is 0 Å². The van der Waals surface area contributed by atoms with Gasteiger partial charge in [0, 0.05) is 38.9 Å².